The first kappa shape index (κ1) is 19.0. The Bertz CT molecular complexity index is 777. The first-order valence-corrected chi connectivity index (χ1v) is 9.00. The molecule has 0 radical (unpaired) electrons. The number of aryl methyl sites for hydroxylation is 1. The number of nitrogens with one attached hydrogen (secondary N) is 1. The van der Waals surface area contributed by atoms with Crippen LogP contribution in [0.25, 0.3) is 0 Å². The largest absolute Gasteiger partial charge is 0.483 e. The lowest BCUT2D eigenvalue weighted by atomic mass is 10.1. The van der Waals surface area contributed by atoms with E-state index >= 15 is 0 Å². The van der Waals surface area contributed by atoms with E-state index < -0.39 is 0 Å². The maximum atomic E-state index is 11.8. The number of nitrogens with zero attached hydrogens (tertiary/aromatic N) is 1. The van der Waals surface area contributed by atoms with Gasteiger partial charge in [0, 0.05) is 9.50 Å². The Morgan fingerprint density at radius 1 is 1.29 bits per heavy atom. The maximum Gasteiger partial charge on any atom is 0.277 e. The normalized spacial score (nSPS) is 10.9. The summed E-state index contributed by atoms with van der Waals surface area (Å²) in [5.74, 6) is 0.224. The van der Waals surface area contributed by atoms with Crippen LogP contribution in [0.4, 0.5) is 0 Å². The van der Waals surface area contributed by atoms with Crippen molar-refractivity contribution in [1.82, 2.24) is 5.43 Å². The number of amides is 1. The number of halogens is 3. The number of carbonyl (C=O) groups excluding carboxylic acids is 1. The zero-order chi connectivity index (χ0) is 17.7. The predicted octanol–water partition coefficient (Wildman–Crippen LogP) is 5.01. The third kappa shape index (κ3) is 5.06. The van der Waals surface area contributed by atoms with E-state index in [-0.39, 0.29) is 12.5 Å². The van der Waals surface area contributed by atoms with E-state index in [1.165, 1.54) is 0 Å². The summed E-state index contributed by atoms with van der Waals surface area (Å²) >= 11 is 13.0. The molecule has 1 amide bonds. The van der Waals surface area contributed by atoms with Crippen molar-refractivity contribution in [2.24, 2.45) is 5.10 Å². The summed E-state index contributed by atoms with van der Waals surface area (Å²) < 4.78 is 7.26. The van der Waals surface area contributed by atoms with Crippen molar-refractivity contribution in [3.63, 3.8) is 0 Å². The molecule has 0 aliphatic heterocycles. The molecule has 0 saturated carbocycles. The van der Waals surface area contributed by atoms with E-state index in [9.17, 15) is 4.79 Å². The molecule has 2 aromatic carbocycles. The highest BCUT2D eigenvalue weighted by atomic mass is 79.9. The van der Waals surface area contributed by atoms with Crippen molar-refractivity contribution in [1.29, 1.82) is 0 Å². The van der Waals surface area contributed by atoms with Crippen molar-refractivity contribution in [2.45, 2.75) is 13.8 Å². The van der Waals surface area contributed by atoms with Crippen LogP contribution in [-0.4, -0.2) is 18.7 Å². The molecule has 0 spiro atoms. The fraction of sp³-hybridized carbons (Fsp3) is 0.176. The van der Waals surface area contributed by atoms with E-state index in [0.717, 1.165) is 25.6 Å². The van der Waals surface area contributed by atoms with Gasteiger partial charge in [0.1, 0.15) is 5.75 Å². The maximum absolute atomic E-state index is 11.8. The van der Waals surface area contributed by atoms with Gasteiger partial charge in [-0.15, -0.1) is 0 Å². The lowest BCUT2D eigenvalue weighted by molar-refractivity contribution is -0.123. The van der Waals surface area contributed by atoms with Gasteiger partial charge in [0.15, 0.2) is 6.61 Å². The van der Waals surface area contributed by atoms with Gasteiger partial charge >= 0.3 is 0 Å². The van der Waals surface area contributed by atoms with Crippen molar-refractivity contribution in [3.8, 4) is 5.75 Å². The molecule has 1 N–H and O–H groups in total. The molecule has 0 aliphatic rings. The first-order chi connectivity index (χ1) is 11.4. The van der Waals surface area contributed by atoms with Gasteiger partial charge in [-0.05, 0) is 64.7 Å². The number of carbonyl (C=O) groups is 1. The Kier molecular flexibility index (Phi) is 6.83. The van der Waals surface area contributed by atoms with Crippen LogP contribution in [0.1, 0.15) is 16.7 Å². The average molecular weight is 475 g/mol. The van der Waals surface area contributed by atoms with Crippen molar-refractivity contribution in [2.75, 3.05) is 6.61 Å². The highest BCUT2D eigenvalue weighted by molar-refractivity contribution is 9.10. The number of hydrazone groups is 1. The molecule has 0 bridgehead atoms. The highest BCUT2D eigenvalue weighted by Gasteiger charge is 2.12. The second kappa shape index (κ2) is 8.65. The molecule has 0 unspecified atom stereocenters. The monoisotopic (exact) mass is 472 g/mol. The fourth-order valence-corrected chi connectivity index (χ4v) is 2.86. The Labute approximate surface area is 162 Å². The summed E-state index contributed by atoms with van der Waals surface area (Å²) in [5.41, 5.74) is 5.07. The SMILES string of the molecule is Cc1cc(OCC(=O)N/N=C/c2ccc(Br)cc2)c(Br)c(C)c1Cl. The minimum atomic E-state index is -0.347. The highest BCUT2D eigenvalue weighted by Crippen LogP contribution is 2.35. The number of hydrogen-bond donors (Lipinski definition) is 1. The molecule has 24 heavy (non-hydrogen) atoms. The molecule has 4 nitrogen and oxygen atoms in total. The lowest BCUT2D eigenvalue weighted by Gasteiger charge is -2.12. The van der Waals surface area contributed by atoms with Gasteiger partial charge in [-0.1, -0.05) is 39.7 Å². The minimum absolute atomic E-state index is 0.142. The topological polar surface area (TPSA) is 50.7 Å². The molecule has 0 atom stereocenters. The molecule has 0 aromatic heterocycles. The second-order valence-electron chi connectivity index (χ2n) is 5.08. The molecule has 0 aliphatic carbocycles. The van der Waals surface area contributed by atoms with Crippen molar-refractivity contribution < 1.29 is 9.53 Å². The molecule has 0 heterocycles. The van der Waals surface area contributed by atoms with Gasteiger partial charge in [0.05, 0.1) is 10.7 Å². The summed E-state index contributed by atoms with van der Waals surface area (Å²) in [6.45, 7) is 3.63. The van der Waals surface area contributed by atoms with Crippen molar-refractivity contribution >= 4 is 55.6 Å². The van der Waals surface area contributed by atoms with Gasteiger partial charge in [0.25, 0.3) is 5.91 Å². The van der Waals surface area contributed by atoms with E-state index in [1.807, 2.05) is 38.1 Å². The van der Waals surface area contributed by atoms with E-state index in [0.29, 0.717) is 10.8 Å². The number of rotatable bonds is 5. The third-order valence-electron chi connectivity index (χ3n) is 3.20. The Balaban J connectivity index is 1.91. The Hall–Kier alpha value is -1.37. The van der Waals surface area contributed by atoms with Crippen LogP contribution in [0.5, 0.6) is 5.75 Å². The van der Waals surface area contributed by atoms with Crippen molar-refractivity contribution in [3.05, 3.63) is 61.0 Å². The number of benzene rings is 2. The molecular formula is C17H15Br2ClN2O2. The smallest absolute Gasteiger partial charge is 0.277 e. The van der Waals surface area contributed by atoms with Gasteiger partial charge in [-0.25, -0.2) is 5.43 Å². The van der Waals surface area contributed by atoms with Crippen LogP contribution in [0.2, 0.25) is 5.02 Å². The quantitative estimate of drug-likeness (QED) is 0.489. The Morgan fingerprint density at radius 2 is 1.96 bits per heavy atom. The minimum Gasteiger partial charge on any atom is -0.483 e. The zero-order valence-electron chi connectivity index (χ0n) is 13.1. The summed E-state index contributed by atoms with van der Waals surface area (Å²) in [6.07, 6.45) is 1.57. The number of ether oxygens (including phenoxy) is 1. The van der Waals surface area contributed by atoms with E-state index in [2.05, 4.69) is 42.4 Å². The number of hydrogen-bond acceptors (Lipinski definition) is 3. The summed E-state index contributed by atoms with van der Waals surface area (Å²) in [5, 5.41) is 4.58. The molecular weight excluding hydrogens is 459 g/mol. The van der Waals surface area contributed by atoms with Crippen LogP contribution >= 0.6 is 43.5 Å². The Morgan fingerprint density at radius 3 is 2.62 bits per heavy atom. The molecule has 0 saturated heterocycles. The van der Waals surface area contributed by atoms with Crippen LogP contribution in [0.3, 0.4) is 0 Å². The molecule has 7 heteroatoms. The van der Waals surface area contributed by atoms with Gasteiger partial charge in [-0.3, -0.25) is 4.79 Å². The fourth-order valence-electron chi connectivity index (χ4n) is 1.91. The van der Waals surface area contributed by atoms with E-state index in [1.54, 1.807) is 12.3 Å². The zero-order valence-corrected chi connectivity index (χ0v) is 17.0. The van der Waals surface area contributed by atoms with E-state index in [4.69, 9.17) is 16.3 Å². The third-order valence-corrected chi connectivity index (χ3v) is 5.30. The van der Waals surface area contributed by atoms with Gasteiger partial charge in [-0.2, -0.15) is 5.10 Å². The van der Waals surface area contributed by atoms with Crippen LogP contribution in [-0.2, 0) is 4.79 Å². The average Bonchev–Trinajstić information content (AvgIpc) is 2.57. The molecule has 2 rings (SSSR count). The van der Waals surface area contributed by atoms with Gasteiger partial charge < -0.3 is 4.74 Å². The second-order valence-corrected chi connectivity index (χ2v) is 7.16. The molecule has 2 aromatic rings. The van der Waals surface area contributed by atoms with Crippen LogP contribution in [0.15, 0.2) is 44.4 Å². The van der Waals surface area contributed by atoms with Gasteiger partial charge in [0.2, 0.25) is 0 Å². The summed E-state index contributed by atoms with van der Waals surface area (Å²) in [4.78, 5) is 11.8. The molecule has 0 fully saturated rings. The van der Waals surface area contributed by atoms with Crippen LogP contribution < -0.4 is 10.2 Å². The molecule has 126 valence electrons. The summed E-state index contributed by atoms with van der Waals surface area (Å²) in [7, 11) is 0. The lowest BCUT2D eigenvalue weighted by Crippen LogP contribution is -2.24. The first-order valence-electron chi connectivity index (χ1n) is 7.04. The van der Waals surface area contributed by atoms with Crippen LogP contribution in [0, 0.1) is 13.8 Å². The predicted molar refractivity (Wildman–Crippen MR) is 104 cm³/mol. The summed E-state index contributed by atoms with van der Waals surface area (Å²) in [6, 6.07) is 9.35. The standard InChI is InChI=1S/C17H15Br2ClN2O2/c1-10-7-14(16(19)11(2)17(10)20)24-9-15(23)22-21-8-12-3-5-13(18)6-4-12/h3-8H,9H2,1-2H3,(H,22,23)/b21-8+.